The Morgan fingerprint density at radius 2 is 2.11 bits per heavy atom. The van der Waals surface area contributed by atoms with Crippen LogP contribution in [-0.2, 0) is 0 Å². The summed E-state index contributed by atoms with van der Waals surface area (Å²) in [5.74, 6) is 0. The Morgan fingerprint density at radius 1 is 1.32 bits per heavy atom. The van der Waals surface area contributed by atoms with Crippen LogP contribution in [0.25, 0.3) is 0 Å². The van der Waals surface area contributed by atoms with Gasteiger partial charge in [-0.2, -0.15) is 0 Å². The zero-order chi connectivity index (χ0) is 13.5. The highest BCUT2D eigenvalue weighted by atomic mass is 15.2. The number of benzene rings is 1. The summed E-state index contributed by atoms with van der Waals surface area (Å²) in [6.07, 6.45) is 6.81. The molecular formula is C17H26N2. The van der Waals surface area contributed by atoms with E-state index in [4.69, 9.17) is 0 Å². The van der Waals surface area contributed by atoms with E-state index in [2.05, 4.69) is 66.5 Å². The van der Waals surface area contributed by atoms with Crippen molar-refractivity contribution in [2.24, 2.45) is 0 Å². The first-order valence-electron chi connectivity index (χ1n) is 7.48. The van der Waals surface area contributed by atoms with E-state index in [0.717, 1.165) is 19.5 Å². The molecule has 0 amide bonds. The fourth-order valence-corrected chi connectivity index (χ4v) is 2.85. The smallest absolute Gasteiger partial charge is 0.0449 e. The molecule has 1 aliphatic rings. The van der Waals surface area contributed by atoms with Crippen LogP contribution in [0.3, 0.4) is 0 Å². The molecule has 0 aromatic heterocycles. The quantitative estimate of drug-likeness (QED) is 0.815. The Labute approximate surface area is 117 Å². The average molecular weight is 258 g/mol. The first-order valence-corrected chi connectivity index (χ1v) is 7.48. The van der Waals surface area contributed by atoms with Crippen LogP contribution in [0.1, 0.15) is 38.3 Å². The lowest BCUT2D eigenvalue weighted by atomic mass is 10.0. The SMILES string of the molecule is C/C=C/CCN1CC(c2ccccc2)NCC1CC. The lowest BCUT2D eigenvalue weighted by molar-refractivity contribution is 0.129. The number of hydrogen-bond donors (Lipinski definition) is 1. The molecule has 1 aromatic carbocycles. The average Bonchev–Trinajstić information content (AvgIpc) is 2.48. The standard InChI is InChI=1S/C17H26N2/c1-3-5-9-12-19-14-17(18-13-16(19)4-2)15-10-7-6-8-11-15/h3,5-8,10-11,16-18H,4,9,12-14H2,1-2H3/b5-3+. The van der Waals surface area contributed by atoms with Gasteiger partial charge in [0.1, 0.15) is 0 Å². The summed E-state index contributed by atoms with van der Waals surface area (Å²) in [6, 6.07) is 12.0. The molecule has 0 bridgehead atoms. The summed E-state index contributed by atoms with van der Waals surface area (Å²) < 4.78 is 0. The first kappa shape index (κ1) is 14.3. The Morgan fingerprint density at radius 3 is 2.79 bits per heavy atom. The van der Waals surface area contributed by atoms with Gasteiger partial charge in [0.2, 0.25) is 0 Å². The molecule has 0 saturated carbocycles. The Bertz CT molecular complexity index is 386. The van der Waals surface area contributed by atoms with Crippen LogP contribution in [0.4, 0.5) is 0 Å². The second-order valence-corrected chi connectivity index (χ2v) is 5.29. The molecule has 0 radical (unpaired) electrons. The molecule has 2 heteroatoms. The maximum atomic E-state index is 3.70. The van der Waals surface area contributed by atoms with Gasteiger partial charge in [-0.25, -0.2) is 0 Å². The van der Waals surface area contributed by atoms with Gasteiger partial charge in [0, 0.05) is 31.7 Å². The molecule has 2 atom stereocenters. The van der Waals surface area contributed by atoms with Crippen LogP contribution in [0, 0.1) is 0 Å². The molecule has 0 aliphatic carbocycles. The van der Waals surface area contributed by atoms with Gasteiger partial charge in [-0.15, -0.1) is 0 Å². The molecule has 104 valence electrons. The van der Waals surface area contributed by atoms with E-state index in [1.54, 1.807) is 0 Å². The highest BCUT2D eigenvalue weighted by Crippen LogP contribution is 2.21. The zero-order valence-electron chi connectivity index (χ0n) is 12.2. The maximum absolute atomic E-state index is 3.70. The van der Waals surface area contributed by atoms with Crippen molar-refractivity contribution in [1.82, 2.24) is 10.2 Å². The van der Waals surface area contributed by atoms with Crippen molar-refractivity contribution in [3.63, 3.8) is 0 Å². The number of nitrogens with one attached hydrogen (secondary N) is 1. The monoisotopic (exact) mass is 258 g/mol. The Balaban J connectivity index is 1.98. The van der Waals surface area contributed by atoms with Crippen LogP contribution in [0.2, 0.25) is 0 Å². The normalized spacial score (nSPS) is 24.9. The molecule has 1 N–H and O–H groups in total. The van der Waals surface area contributed by atoms with Crippen molar-refractivity contribution in [1.29, 1.82) is 0 Å². The third-order valence-corrected chi connectivity index (χ3v) is 4.03. The molecule has 1 heterocycles. The number of rotatable bonds is 5. The Hall–Kier alpha value is -1.12. The van der Waals surface area contributed by atoms with Gasteiger partial charge in [-0.3, -0.25) is 4.90 Å². The van der Waals surface area contributed by atoms with E-state index in [0.29, 0.717) is 12.1 Å². The fourth-order valence-electron chi connectivity index (χ4n) is 2.85. The minimum atomic E-state index is 0.481. The van der Waals surface area contributed by atoms with Gasteiger partial charge in [-0.05, 0) is 25.3 Å². The van der Waals surface area contributed by atoms with Crippen LogP contribution < -0.4 is 5.32 Å². The lowest BCUT2D eigenvalue weighted by Crippen LogP contribution is -2.52. The van der Waals surface area contributed by atoms with Gasteiger partial charge in [-0.1, -0.05) is 49.4 Å². The molecule has 1 aromatic rings. The van der Waals surface area contributed by atoms with E-state index in [-0.39, 0.29) is 0 Å². The topological polar surface area (TPSA) is 15.3 Å². The van der Waals surface area contributed by atoms with Gasteiger partial charge < -0.3 is 5.32 Å². The highest BCUT2D eigenvalue weighted by Gasteiger charge is 2.26. The predicted molar refractivity (Wildman–Crippen MR) is 82.3 cm³/mol. The van der Waals surface area contributed by atoms with E-state index in [1.165, 1.54) is 18.5 Å². The number of piperazine rings is 1. The number of allylic oxidation sites excluding steroid dienone is 1. The number of nitrogens with zero attached hydrogens (tertiary/aromatic N) is 1. The second-order valence-electron chi connectivity index (χ2n) is 5.29. The minimum absolute atomic E-state index is 0.481. The third kappa shape index (κ3) is 3.92. The lowest BCUT2D eigenvalue weighted by Gasteiger charge is -2.40. The zero-order valence-corrected chi connectivity index (χ0v) is 12.2. The van der Waals surface area contributed by atoms with Gasteiger partial charge >= 0.3 is 0 Å². The summed E-state index contributed by atoms with van der Waals surface area (Å²) in [4.78, 5) is 2.65. The van der Waals surface area contributed by atoms with Crippen molar-refractivity contribution in [3.8, 4) is 0 Å². The van der Waals surface area contributed by atoms with Crippen molar-refractivity contribution < 1.29 is 0 Å². The molecule has 0 spiro atoms. The predicted octanol–water partition coefficient (Wildman–Crippen LogP) is 3.38. The van der Waals surface area contributed by atoms with Crippen molar-refractivity contribution in [2.75, 3.05) is 19.6 Å². The van der Waals surface area contributed by atoms with Gasteiger partial charge in [0.15, 0.2) is 0 Å². The van der Waals surface area contributed by atoms with Crippen molar-refractivity contribution >= 4 is 0 Å². The molecule has 2 rings (SSSR count). The Kier molecular flexibility index (Phi) is 5.62. The molecule has 1 fully saturated rings. The first-order chi connectivity index (χ1) is 9.35. The minimum Gasteiger partial charge on any atom is -0.307 e. The van der Waals surface area contributed by atoms with Crippen LogP contribution >= 0.6 is 0 Å². The maximum Gasteiger partial charge on any atom is 0.0449 e. The second kappa shape index (κ2) is 7.46. The molecule has 1 saturated heterocycles. The van der Waals surface area contributed by atoms with Crippen LogP contribution in [-0.4, -0.2) is 30.6 Å². The fraction of sp³-hybridized carbons (Fsp3) is 0.529. The number of hydrogen-bond acceptors (Lipinski definition) is 2. The summed E-state index contributed by atoms with van der Waals surface area (Å²) in [5, 5.41) is 3.70. The van der Waals surface area contributed by atoms with Crippen LogP contribution in [0.15, 0.2) is 42.5 Å². The molecule has 2 nitrogen and oxygen atoms in total. The van der Waals surface area contributed by atoms with Crippen molar-refractivity contribution in [3.05, 3.63) is 48.0 Å². The summed E-state index contributed by atoms with van der Waals surface area (Å²) in [7, 11) is 0. The molecule has 2 unspecified atom stereocenters. The molecule has 19 heavy (non-hydrogen) atoms. The molecular weight excluding hydrogens is 232 g/mol. The third-order valence-electron chi connectivity index (χ3n) is 4.03. The van der Waals surface area contributed by atoms with E-state index >= 15 is 0 Å². The summed E-state index contributed by atoms with van der Waals surface area (Å²) >= 11 is 0. The van der Waals surface area contributed by atoms with Gasteiger partial charge in [0.05, 0.1) is 0 Å². The van der Waals surface area contributed by atoms with E-state index in [9.17, 15) is 0 Å². The van der Waals surface area contributed by atoms with E-state index in [1.807, 2.05) is 0 Å². The van der Waals surface area contributed by atoms with Crippen molar-refractivity contribution in [2.45, 2.75) is 38.8 Å². The molecule has 1 aliphatic heterocycles. The van der Waals surface area contributed by atoms with Gasteiger partial charge in [0.25, 0.3) is 0 Å². The summed E-state index contributed by atoms with van der Waals surface area (Å²) in [5.41, 5.74) is 1.41. The highest BCUT2D eigenvalue weighted by molar-refractivity contribution is 5.20. The largest absolute Gasteiger partial charge is 0.307 e. The summed E-state index contributed by atoms with van der Waals surface area (Å²) in [6.45, 7) is 7.79. The van der Waals surface area contributed by atoms with E-state index < -0.39 is 0 Å². The van der Waals surface area contributed by atoms with Crippen LogP contribution in [0.5, 0.6) is 0 Å².